The van der Waals surface area contributed by atoms with Crippen molar-refractivity contribution in [2.45, 2.75) is 6.92 Å². The van der Waals surface area contributed by atoms with Gasteiger partial charge in [-0.1, -0.05) is 46.1 Å². The summed E-state index contributed by atoms with van der Waals surface area (Å²) < 4.78 is 0.940. The van der Waals surface area contributed by atoms with Gasteiger partial charge >= 0.3 is 0 Å². The van der Waals surface area contributed by atoms with Crippen LogP contribution >= 0.6 is 46.1 Å². The summed E-state index contributed by atoms with van der Waals surface area (Å²) in [4.78, 5) is 21.6. The Balaban J connectivity index is 2.07. The van der Waals surface area contributed by atoms with E-state index in [1.54, 1.807) is 23.1 Å². The van der Waals surface area contributed by atoms with Gasteiger partial charge in [0.2, 0.25) is 0 Å². The Hall–Kier alpha value is -1.37. The number of likely N-dealkylation sites (N-methyl/N-ethyl adjacent to an activating group) is 1. The molecule has 0 N–H and O–H groups in total. The third-order valence-corrected chi connectivity index (χ3v) is 5.85. The van der Waals surface area contributed by atoms with Crippen LogP contribution in [0.4, 0.5) is 5.13 Å². The maximum absolute atomic E-state index is 13.3. The lowest BCUT2D eigenvalue weighted by atomic mass is 10.2. The number of fused-ring (bicyclic) bond motifs is 1. The molecule has 0 saturated heterocycles. The third-order valence-electron chi connectivity index (χ3n) is 4.04. The molecule has 0 unspecified atom stereocenters. The number of anilines is 1. The third kappa shape index (κ3) is 4.55. The highest BCUT2D eigenvalue weighted by Crippen LogP contribution is 2.34. The molecule has 1 aromatic heterocycles. The molecule has 27 heavy (non-hydrogen) atoms. The summed E-state index contributed by atoms with van der Waals surface area (Å²) in [5, 5.41) is 2.08. The van der Waals surface area contributed by atoms with Crippen molar-refractivity contribution in [2.75, 3.05) is 32.1 Å². The zero-order valence-electron chi connectivity index (χ0n) is 15.1. The molecular weight excluding hydrogens is 425 g/mol. The van der Waals surface area contributed by atoms with Gasteiger partial charge in [-0.05, 0) is 56.9 Å². The second kappa shape index (κ2) is 8.33. The van der Waals surface area contributed by atoms with E-state index in [9.17, 15) is 4.79 Å². The first kappa shape index (κ1) is 20.4. The molecule has 2 aromatic carbocycles. The average Bonchev–Trinajstić information content (AvgIpc) is 3.00. The van der Waals surface area contributed by atoms with Crippen LogP contribution in [-0.4, -0.2) is 43.0 Å². The number of carbonyl (C=O) groups is 1. The topological polar surface area (TPSA) is 36.4 Å². The minimum Gasteiger partial charge on any atom is -0.308 e. The molecular formula is C19H18Cl3N3OS. The fourth-order valence-electron chi connectivity index (χ4n) is 2.65. The van der Waals surface area contributed by atoms with E-state index in [1.807, 2.05) is 38.1 Å². The standard InChI is InChI=1S/C19H18Cl3N3OS/c1-11-8-13(21)10-16-17(11)23-19(27-16)25(7-6-24(2)3)18(26)14-9-12(20)4-5-15(14)22/h4-5,8-10H,6-7H2,1-3H3. The van der Waals surface area contributed by atoms with Crippen LogP contribution in [-0.2, 0) is 0 Å². The lowest BCUT2D eigenvalue weighted by molar-refractivity contribution is 0.0985. The Morgan fingerprint density at radius 1 is 1.07 bits per heavy atom. The van der Waals surface area contributed by atoms with E-state index in [-0.39, 0.29) is 5.91 Å². The second-order valence-corrected chi connectivity index (χ2v) is 8.74. The van der Waals surface area contributed by atoms with Crippen molar-refractivity contribution in [3.63, 3.8) is 0 Å². The second-order valence-electron chi connectivity index (χ2n) is 6.45. The Morgan fingerprint density at radius 2 is 1.81 bits per heavy atom. The number of rotatable bonds is 5. The minimum atomic E-state index is -0.229. The van der Waals surface area contributed by atoms with E-state index in [0.717, 1.165) is 15.8 Å². The van der Waals surface area contributed by atoms with Gasteiger partial charge in [-0.15, -0.1) is 0 Å². The van der Waals surface area contributed by atoms with E-state index >= 15 is 0 Å². The Morgan fingerprint density at radius 3 is 2.52 bits per heavy atom. The Bertz CT molecular complexity index is 1000. The summed E-state index contributed by atoms with van der Waals surface area (Å²) in [7, 11) is 3.91. The van der Waals surface area contributed by atoms with Gasteiger partial charge in [0.15, 0.2) is 5.13 Å². The first-order chi connectivity index (χ1) is 12.8. The maximum atomic E-state index is 13.3. The lowest BCUT2D eigenvalue weighted by Gasteiger charge is -2.22. The number of aromatic nitrogens is 1. The number of nitrogens with zero attached hydrogens (tertiary/aromatic N) is 3. The van der Waals surface area contributed by atoms with Crippen molar-refractivity contribution in [1.82, 2.24) is 9.88 Å². The van der Waals surface area contributed by atoms with Crippen molar-refractivity contribution in [2.24, 2.45) is 0 Å². The summed E-state index contributed by atoms with van der Waals surface area (Å²) >= 11 is 19.9. The molecule has 0 bridgehead atoms. The molecule has 0 fully saturated rings. The molecule has 0 atom stereocenters. The Kier molecular flexibility index (Phi) is 6.28. The van der Waals surface area contributed by atoms with Crippen molar-refractivity contribution in [1.29, 1.82) is 0 Å². The van der Waals surface area contributed by atoms with Crippen LogP contribution in [0.25, 0.3) is 10.2 Å². The van der Waals surface area contributed by atoms with Gasteiger partial charge in [-0.3, -0.25) is 9.69 Å². The number of carbonyl (C=O) groups excluding carboxylic acids is 1. The first-order valence-electron chi connectivity index (χ1n) is 8.24. The highest BCUT2D eigenvalue weighted by atomic mass is 35.5. The fourth-order valence-corrected chi connectivity index (χ4v) is 4.46. The number of aryl methyl sites for hydroxylation is 1. The molecule has 4 nitrogen and oxygen atoms in total. The van der Waals surface area contributed by atoms with Gasteiger partial charge in [-0.25, -0.2) is 4.98 Å². The Labute approximate surface area is 177 Å². The molecule has 1 heterocycles. The lowest BCUT2D eigenvalue weighted by Crippen LogP contribution is -2.36. The predicted molar refractivity (Wildman–Crippen MR) is 116 cm³/mol. The van der Waals surface area contributed by atoms with Gasteiger partial charge in [0, 0.05) is 23.1 Å². The van der Waals surface area contributed by atoms with Gasteiger partial charge in [0.25, 0.3) is 5.91 Å². The van der Waals surface area contributed by atoms with E-state index in [4.69, 9.17) is 39.8 Å². The number of amides is 1. The van der Waals surface area contributed by atoms with Crippen LogP contribution in [0.2, 0.25) is 15.1 Å². The molecule has 3 aromatic rings. The summed E-state index contributed by atoms with van der Waals surface area (Å²) in [5.74, 6) is -0.229. The molecule has 0 aliphatic rings. The number of benzene rings is 2. The van der Waals surface area contributed by atoms with Crippen LogP contribution in [0.1, 0.15) is 15.9 Å². The van der Waals surface area contributed by atoms with Crippen molar-refractivity contribution >= 4 is 67.4 Å². The summed E-state index contributed by atoms with van der Waals surface area (Å²) in [5.41, 5.74) is 2.18. The van der Waals surface area contributed by atoms with Crippen molar-refractivity contribution < 1.29 is 4.79 Å². The van der Waals surface area contributed by atoms with Crippen molar-refractivity contribution in [3.05, 3.63) is 56.5 Å². The average molecular weight is 443 g/mol. The fraction of sp³-hybridized carbons (Fsp3) is 0.263. The summed E-state index contributed by atoms with van der Waals surface area (Å²) in [6.07, 6.45) is 0. The van der Waals surface area contributed by atoms with E-state index in [2.05, 4.69) is 0 Å². The quantitative estimate of drug-likeness (QED) is 0.503. The molecule has 8 heteroatoms. The molecule has 142 valence electrons. The van der Waals surface area contributed by atoms with Crippen molar-refractivity contribution in [3.8, 4) is 0 Å². The molecule has 1 amide bonds. The number of thiazole rings is 1. The number of halogens is 3. The SMILES string of the molecule is Cc1cc(Cl)cc2sc(N(CCN(C)C)C(=O)c3cc(Cl)ccc3Cl)nc12. The van der Waals surface area contributed by atoms with E-state index < -0.39 is 0 Å². The molecule has 0 saturated carbocycles. The molecule has 0 aliphatic heterocycles. The van der Waals surface area contributed by atoms with Gasteiger partial charge in [-0.2, -0.15) is 0 Å². The monoisotopic (exact) mass is 441 g/mol. The van der Waals surface area contributed by atoms with Crippen LogP contribution in [0.15, 0.2) is 30.3 Å². The predicted octanol–water partition coefficient (Wildman–Crippen LogP) is 5.77. The zero-order valence-corrected chi connectivity index (χ0v) is 18.2. The minimum absolute atomic E-state index is 0.229. The zero-order chi connectivity index (χ0) is 19.7. The van der Waals surface area contributed by atoms with Gasteiger partial charge < -0.3 is 4.90 Å². The largest absolute Gasteiger partial charge is 0.308 e. The smallest absolute Gasteiger partial charge is 0.261 e. The number of hydrogen-bond donors (Lipinski definition) is 0. The van der Waals surface area contributed by atoms with E-state index in [1.165, 1.54) is 11.3 Å². The first-order valence-corrected chi connectivity index (χ1v) is 10.2. The van der Waals surface area contributed by atoms with Crippen LogP contribution < -0.4 is 4.90 Å². The normalized spacial score (nSPS) is 11.4. The summed E-state index contributed by atoms with van der Waals surface area (Å²) in [6, 6.07) is 8.61. The molecule has 0 radical (unpaired) electrons. The highest BCUT2D eigenvalue weighted by molar-refractivity contribution is 7.22. The molecule has 0 aliphatic carbocycles. The summed E-state index contributed by atoms with van der Waals surface area (Å²) in [6.45, 7) is 3.11. The van der Waals surface area contributed by atoms with E-state index in [0.29, 0.717) is 38.9 Å². The van der Waals surface area contributed by atoms with Crippen LogP contribution in [0.5, 0.6) is 0 Å². The van der Waals surface area contributed by atoms with Gasteiger partial charge in [0.1, 0.15) is 0 Å². The van der Waals surface area contributed by atoms with Crippen LogP contribution in [0, 0.1) is 6.92 Å². The maximum Gasteiger partial charge on any atom is 0.261 e. The number of hydrogen-bond acceptors (Lipinski definition) is 4. The molecule has 0 spiro atoms. The van der Waals surface area contributed by atoms with Gasteiger partial charge in [0.05, 0.1) is 20.8 Å². The molecule has 3 rings (SSSR count). The van der Waals surface area contributed by atoms with Crippen LogP contribution in [0.3, 0.4) is 0 Å². The highest BCUT2D eigenvalue weighted by Gasteiger charge is 2.24.